The van der Waals surface area contributed by atoms with Gasteiger partial charge in [-0.05, 0) is 49.0 Å². The molecule has 37 heavy (non-hydrogen) atoms. The molecular formula is C26H37FN6O4. The molecule has 0 saturated carbocycles. The standard InChI is InChI=1S/C26H37FN6O4/c1-3-31(4-2)18-20-5-8-22(9-6-20)36-19-26(34)33-13-11-32(12-14-33)25-10-7-21(15-24(25)27)29-17-23(16-28)37-30-35/h5-10,15,23,29H,3-4,11-14,16-19,28H2,1-2H3. The number of nitrogens with one attached hydrogen (secondary N) is 1. The molecule has 0 aromatic heterocycles. The molecule has 202 valence electrons. The number of nitrogens with zero attached hydrogens (tertiary/aromatic N) is 4. The van der Waals surface area contributed by atoms with Crippen molar-refractivity contribution < 1.29 is 18.8 Å². The number of amides is 1. The molecule has 0 radical (unpaired) electrons. The highest BCUT2D eigenvalue weighted by atomic mass is 19.1. The van der Waals surface area contributed by atoms with Gasteiger partial charge in [-0.15, -0.1) is 4.91 Å². The van der Waals surface area contributed by atoms with Gasteiger partial charge in [0.1, 0.15) is 11.6 Å². The summed E-state index contributed by atoms with van der Waals surface area (Å²) in [6.45, 7) is 9.48. The van der Waals surface area contributed by atoms with Crippen LogP contribution in [0.4, 0.5) is 15.8 Å². The number of anilines is 2. The van der Waals surface area contributed by atoms with Crippen LogP contribution in [0.5, 0.6) is 5.75 Å². The summed E-state index contributed by atoms with van der Waals surface area (Å²) in [5.41, 5.74) is 7.72. The van der Waals surface area contributed by atoms with E-state index in [-0.39, 0.29) is 31.4 Å². The number of rotatable bonds is 14. The van der Waals surface area contributed by atoms with E-state index in [0.717, 1.165) is 19.6 Å². The Balaban J connectivity index is 1.44. The summed E-state index contributed by atoms with van der Waals surface area (Å²) < 4.78 is 20.5. The fourth-order valence-corrected chi connectivity index (χ4v) is 4.16. The second kappa shape index (κ2) is 14.3. The van der Waals surface area contributed by atoms with Gasteiger partial charge in [0.15, 0.2) is 18.1 Å². The van der Waals surface area contributed by atoms with Gasteiger partial charge in [0.05, 0.1) is 12.2 Å². The number of carbonyl (C=O) groups excluding carboxylic acids is 1. The van der Waals surface area contributed by atoms with E-state index >= 15 is 0 Å². The molecular weight excluding hydrogens is 479 g/mol. The van der Waals surface area contributed by atoms with E-state index in [9.17, 15) is 14.1 Å². The third-order valence-corrected chi connectivity index (χ3v) is 6.50. The minimum atomic E-state index is -0.591. The summed E-state index contributed by atoms with van der Waals surface area (Å²) in [7, 11) is 0. The van der Waals surface area contributed by atoms with Crippen molar-refractivity contribution in [2.24, 2.45) is 11.1 Å². The Morgan fingerprint density at radius 2 is 1.84 bits per heavy atom. The van der Waals surface area contributed by atoms with Crippen LogP contribution in [0, 0.1) is 10.7 Å². The van der Waals surface area contributed by atoms with Gasteiger partial charge in [0.25, 0.3) is 5.91 Å². The molecule has 1 atom stereocenters. The maximum Gasteiger partial charge on any atom is 0.260 e. The average Bonchev–Trinajstić information content (AvgIpc) is 2.93. The minimum Gasteiger partial charge on any atom is -0.484 e. The SMILES string of the molecule is CCN(CC)Cc1ccc(OCC(=O)N2CCN(c3ccc(NCC(CN)ON=O)cc3F)CC2)cc1. The number of benzene rings is 2. The molecule has 0 spiro atoms. The van der Waals surface area contributed by atoms with Crippen molar-refractivity contribution in [1.29, 1.82) is 0 Å². The van der Waals surface area contributed by atoms with Gasteiger partial charge in [-0.2, -0.15) is 0 Å². The predicted octanol–water partition coefficient (Wildman–Crippen LogP) is 2.83. The summed E-state index contributed by atoms with van der Waals surface area (Å²) >= 11 is 0. The van der Waals surface area contributed by atoms with Gasteiger partial charge in [0, 0.05) is 45.0 Å². The van der Waals surface area contributed by atoms with Gasteiger partial charge < -0.3 is 30.4 Å². The molecule has 11 heteroatoms. The molecule has 2 aromatic carbocycles. The van der Waals surface area contributed by atoms with E-state index in [0.29, 0.717) is 43.3 Å². The second-order valence-electron chi connectivity index (χ2n) is 8.85. The van der Waals surface area contributed by atoms with Crippen molar-refractivity contribution in [3.05, 3.63) is 58.8 Å². The lowest BCUT2D eigenvalue weighted by atomic mass is 10.2. The molecule has 0 aliphatic carbocycles. The number of ether oxygens (including phenoxy) is 1. The fourth-order valence-electron chi connectivity index (χ4n) is 4.16. The van der Waals surface area contributed by atoms with Crippen LogP contribution in [-0.2, 0) is 16.2 Å². The van der Waals surface area contributed by atoms with Crippen molar-refractivity contribution in [2.75, 3.05) is 69.2 Å². The lowest BCUT2D eigenvalue weighted by molar-refractivity contribution is -0.133. The van der Waals surface area contributed by atoms with Crippen LogP contribution in [0.2, 0.25) is 0 Å². The van der Waals surface area contributed by atoms with Gasteiger partial charge in [-0.1, -0.05) is 26.0 Å². The Labute approximate surface area is 217 Å². The van der Waals surface area contributed by atoms with Crippen molar-refractivity contribution in [2.45, 2.75) is 26.5 Å². The summed E-state index contributed by atoms with van der Waals surface area (Å²) in [6, 6.07) is 12.7. The zero-order valence-corrected chi connectivity index (χ0v) is 21.6. The number of nitrogens with two attached hydrogens (primary N) is 1. The Morgan fingerprint density at radius 3 is 2.43 bits per heavy atom. The van der Waals surface area contributed by atoms with E-state index < -0.39 is 6.10 Å². The molecule has 3 N–H and O–H groups in total. The molecule has 10 nitrogen and oxygen atoms in total. The monoisotopic (exact) mass is 516 g/mol. The Kier molecular flexibility index (Phi) is 10.9. The second-order valence-corrected chi connectivity index (χ2v) is 8.85. The van der Waals surface area contributed by atoms with Crippen molar-refractivity contribution >= 4 is 17.3 Å². The highest BCUT2D eigenvalue weighted by molar-refractivity contribution is 5.78. The largest absolute Gasteiger partial charge is 0.484 e. The van der Waals surface area contributed by atoms with Crippen LogP contribution in [0.15, 0.2) is 47.8 Å². The third kappa shape index (κ3) is 8.29. The fraction of sp³-hybridized carbons (Fsp3) is 0.500. The lowest BCUT2D eigenvalue weighted by Crippen LogP contribution is -2.50. The van der Waals surface area contributed by atoms with Gasteiger partial charge in [-0.3, -0.25) is 9.69 Å². The molecule has 0 bridgehead atoms. The van der Waals surface area contributed by atoms with Crippen molar-refractivity contribution in [3.8, 4) is 5.75 Å². The Hall–Kier alpha value is -3.44. The Morgan fingerprint density at radius 1 is 1.14 bits per heavy atom. The molecule has 1 aliphatic heterocycles. The minimum absolute atomic E-state index is 0.0305. The average molecular weight is 517 g/mol. The van der Waals surface area contributed by atoms with E-state index in [1.807, 2.05) is 29.2 Å². The number of hydrogen-bond acceptors (Lipinski definition) is 9. The molecule has 1 saturated heterocycles. The molecule has 1 aliphatic rings. The van der Waals surface area contributed by atoms with Crippen LogP contribution >= 0.6 is 0 Å². The first kappa shape index (κ1) is 28.1. The van der Waals surface area contributed by atoms with Crippen LogP contribution in [-0.4, -0.2) is 80.8 Å². The highest BCUT2D eigenvalue weighted by Gasteiger charge is 2.23. The first-order valence-electron chi connectivity index (χ1n) is 12.7. The topological polar surface area (TPSA) is 113 Å². The number of halogens is 1. The molecule has 1 unspecified atom stereocenters. The summed E-state index contributed by atoms with van der Waals surface area (Å²) in [4.78, 5) is 33.5. The molecule has 3 rings (SSSR count). The number of carbonyl (C=O) groups is 1. The maximum atomic E-state index is 14.8. The lowest BCUT2D eigenvalue weighted by Gasteiger charge is -2.36. The predicted molar refractivity (Wildman–Crippen MR) is 142 cm³/mol. The Bertz CT molecular complexity index is 997. The molecule has 2 aromatic rings. The third-order valence-electron chi connectivity index (χ3n) is 6.50. The van der Waals surface area contributed by atoms with Crippen LogP contribution < -0.4 is 20.7 Å². The zero-order chi connectivity index (χ0) is 26.6. The van der Waals surface area contributed by atoms with E-state index in [4.69, 9.17) is 10.5 Å². The molecule has 1 fully saturated rings. The first-order valence-corrected chi connectivity index (χ1v) is 12.7. The summed E-state index contributed by atoms with van der Waals surface area (Å²) in [5, 5.41) is 5.37. The summed E-state index contributed by atoms with van der Waals surface area (Å²) in [6.07, 6.45) is -0.591. The molecule has 1 amide bonds. The van der Waals surface area contributed by atoms with Crippen LogP contribution in [0.3, 0.4) is 0 Å². The summed E-state index contributed by atoms with van der Waals surface area (Å²) in [5.74, 6) is 0.197. The van der Waals surface area contributed by atoms with Crippen molar-refractivity contribution in [3.63, 3.8) is 0 Å². The van der Waals surface area contributed by atoms with E-state index in [1.54, 1.807) is 17.0 Å². The number of hydrogen-bond donors (Lipinski definition) is 2. The number of piperazine rings is 1. The zero-order valence-electron chi connectivity index (χ0n) is 21.6. The quantitative estimate of drug-likeness (QED) is 0.291. The van der Waals surface area contributed by atoms with Crippen molar-refractivity contribution in [1.82, 2.24) is 9.80 Å². The van der Waals surface area contributed by atoms with Gasteiger partial charge in [0.2, 0.25) is 0 Å². The molecule has 1 heterocycles. The van der Waals surface area contributed by atoms with Gasteiger partial charge in [-0.25, -0.2) is 4.39 Å². The van der Waals surface area contributed by atoms with Crippen LogP contribution in [0.25, 0.3) is 0 Å². The van der Waals surface area contributed by atoms with Crippen LogP contribution in [0.1, 0.15) is 19.4 Å². The van der Waals surface area contributed by atoms with E-state index in [2.05, 4.69) is 34.2 Å². The normalized spacial score (nSPS) is 14.4. The smallest absolute Gasteiger partial charge is 0.260 e. The highest BCUT2D eigenvalue weighted by Crippen LogP contribution is 2.24. The first-order chi connectivity index (χ1) is 18.0. The maximum absolute atomic E-state index is 14.8. The van der Waals surface area contributed by atoms with Gasteiger partial charge >= 0.3 is 0 Å². The van der Waals surface area contributed by atoms with E-state index in [1.165, 1.54) is 11.6 Å².